The number of halogens is 2. The van der Waals surface area contributed by atoms with Crippen LogP contribution in [0.5, 0.6) is 5.75 Å². The van der Waals surface area contributed by atoms with Crippen LogP contribution in [0.1, 0.15) is 19.3 Å². The van der Waals surface area contributed by atoms with Crippen molar-refractivity contribution < 1.29 is 13.2 Å². The van der Waals surface area contributed by atoms with E-state index in [1.54, 1.807) is 6.07 Å². The summed E-state index contributed by atoms with van der Waals surface area (Å²) in [7, 11) is -2.03. The summed E-state index contributed by atoms with van der Waals surface area (Å²) < 4.78 is 31.9. The molecule has 1 fully saturated rings. The highest BCUT2D eigenvalue weighted by Crippen LogP contribution is 2.26. The first-order chi connectivity index (χ1) is 9.53. The van der Waals surface area contributed by atoms with E-state index < -0.39 is 10.0 Å². The van der Waals surface area contributed by atoms with Gasteiger partial charge in [-0.05, 0) is 44.0 Å². The van der Waals surface area contributed by atoms with Gasteiger partial charge in [0.2, 0.25) is 10.0 Å². The monoisotopic (exact) mass is 354 g/mol. The van der Waals surface area contributed by atoms with Gasteiger partial charge in [-0.15, -0.1) is 12.4 Å². The van der Waals surface area contributed by atoms with Gasteiger partial charge in [0, 0.05) is 12.6 Å². The molecule has 120 valence electrons. The molecule has 1 aliphatic heterocycles. The van der Waals surface area contributed by atoms with Gasteiger partial charge in [0.1, 0.15) is 5.75 Å². The largest absolute Gasteiger partial charge is 0.495 e. The van der Waals surface area contributed by atoms with Crippen LogP contribution in [0.25, 0.3) is 0 Å². The maximum Gasteiger partial charge on any atom is 0.240 e. The summed E-state index contributed by atoms with van der Waals surface area (Å²) in [5.74, 6) is 0.459. The number of nitrogens with one attached hydrogen (secondary N) is 2. The highest BCUT2D eigenvalue weighted by molar-refractivity contribution is 7.89. The van der Waals surface area contributed by atoms with E-state index in [4.69, 9.17) is 16.3 Å². The minimum Gasteiger partial charge on any atom is -0.495 e. The fourth-order valence-electron chi connectivity index (χ4n) is 2.27. The molecule has 0 aliphatic carbocycles. The lowest BCUT2D eigenvalue weighted by Crippen LogP contribution is -2.30. The number of hydrogen-bond donors (Lipinski definition) is 2. The Hall–Kier alpha value is -0.530. The molecule has 1 aliphatic rings. The van der Waals surface area contributed by atoms with E-state index in [0.717, 1.165) is 25.8 Å². The predicted molar refractivity (Wildman–Crippen MR) is 86.1 cm³/mol. The quantitative estimate of drug-likeness (QED) is 0.821. The summed E-state index contributed by atoms with van der Waals surface area (Å²) in [6.07, 6.45) is 3.06. The Morgan fingerprint density at radius 2 is 2.24 bits per heavy atom. The lowest BCUT2D eigenvalue weighted by molar-refractivity contribution is 0.414. The Bertz CT molecular complexity index is 561. The second-order valence-electron chi connectivity index (χ2n) is 4.78. The van der Waals surface area contributed by atoms with Crippen LogP contribution in [0.4, 0.5) is 0 Å². The van der Waals surface area contributed by atoms with Crippen molar-refractivity contribution in [1.82, 2.24) is 10.0 Å². The fourth-order valence-corrected chi connectivity index (χ4v) is 3.66. The van der Waals surface area contributed by atoms with Crippen molar-refractivity contribution in [2.45, 2.75) is 30.2 Å². The van der Waals surface area contributed by atoms with E-state index in [-0.39, 0.29) is 22.3 Å². The molecule has 0 bridgehead atoms. The molecule has 1 atom stereocenters. The average molecular weight is 355 g/mol. The van der Waals surface area contributed by atoms with Gasteiger partial charge in [-0.3, -0.25) is 0 Å². The predicted octanol–water partition coefficient (Wildman–Crippen LogP) is 2.19. The molecule has 5 nitrogen and oxygen atoms in total. The minimum absolute atomic E-state index is 0. The number of sulfonamides is 1. The van der Waals surface area contributed by atoms with E-state index >= 15 is 0 Å². The van der Waals surface area contributed by atoms with Crippen LogP contribution < -0.4 is 14.8 Å². The lowest BCUT2D eigenvalue weighted by Gasteiger charge is -2.12. The van der Waals surface area contributed by atoms with Crippen LogP contribution in [-0.2, 0) is 10.0 Å². The second kappa shape index (κ2) is 8.19. The van der Waals surface area contributed by atoms with Crippen molar-refractivity contribution in [1.29, 1.82) is 0 Å². The molecule has 0 unspecified atom stereocenters. The summed E-state index contributed by atoms with van der Waals surface area (Å²) in [6.45, 7) is 1.44. The zero-order valence-corrected chi connectivity index (χ0v) is 14.2. The van der Waals surface area contributed by atoms with Crippen molar-refractivity contribution in [3.05, 3.63) is 23.2 Å². The SMILES string of the molecule is COc1ccc(S(=O)(=O)NCC[C@H]2CCCN2)cc1Cl.Cl. The molecule has 2 rings (SSSR count). The topological polar surface area (TPSA) is 67.4 Å². The Balaban J connectivity index is 0.00000220. The first-order valence-corrected chi connectivity index (χ1v) is 8.45. The molecular weight excluding hydrogens is 335 g/mol. The average Bonchev–Trinajstić information content (AvgIpc) is 2.91. The molecule has 21 heavy (non-hydrogen) atoms. The third-order valence-corrected chi connectivity index (χ3v) is 5.13. The number of ether oxygens (including phenoxy) is 1. The van der Waals surface area contributed by atoms with Gasteiger partial charge in [-0.25, -0.2) is 13.1 Å². The van der Waals surface area contributed by atoms with E-state index in [0.29, 0.717) is 18.3 Å². The van der Waals surface area contributed by atoms with Crippen LogP contribution in [0, 0.1) is 0 Å². The molecule has 0 aromatic heterocycles. The highest BCUT2D eigenvalue weighted by atomic mass is 35.5. The van der Waals surface area contributed by atoms with Crippen molar-refractivity contribution >= 4 is 34.0 Å². The van der Waals surface area contributed by atoms with E-state index in [2.05, 4.69) is 10.0 Å². The van der Waals surface area contributed by atoms with E-state index in [1.807, 2.05) is 0 Å². The first kappa shape index (κ1) is 18.5. The zero-order valence-electron chi connectivity index (χ0n) is 11.8. The summed E-state index contributed by atoms with van der Waals surface area (Å²) in [6, 6.07) is 4.85. The highest BCUT2D eigenvalue weighted by Gasteiger charge is 2.18. The summed E-state index contributed by atoms with van der Waals surface area (Å²) >= 11 is 5.95. The molecule has 1 aromatic carbocycles. The van der Waals surface area contributed by atoms with Gasteiger partial charge >= 0.3 is 0 Å². The molecule has 0 saturated carbocycles. The van der Waals surface area contributed by atoms with Crippen LogP contribution in [0.3, 0.4) is 0 Å². The third kappa shape index (κ3) is 5.00. The van der Waals surface area contributed by atoms with Gasteiger partial charge < -0.3 is 10.1 Å². The smallest absolute Gasteiger partial charge is 0.240 e. The molecule has 2 N–H and O–H groups in total. The van der Waals surface area contributed by atoms with Crippen LogP contribution in [-0.4, -0.2) is 34.7 Å². The molecule has 0 radical (unpaired) electrons. The number of rotatable bonds is 6. The summed E-state index contributed by atoms with van der Waals surface area (Å²) in [5, 5.41) is 3.62. The Morgan fingerprint density at radius 1 is 1.48 bits per heavy atom. The Kier molecular flexibility index (Phi) is 7.23. The van der Waals surface area contributed by atoms with E-state index in [1.165, 1.54) is 19.2 Å². The maximum absolute atomic E-state index is 12.1. The first-order valence-electron chi connectivity index (χ1n) is 6.59. The van der Waals surface area contributed by atoms with Crippen LogP contribution in [0.2, 0.25) is 5.02 Å². The Labute approximate surface area is 136 Å². The molecule has 0 spiro atoms. The van der Waals surface area contributed by atoms with Gasteiger partial charge in [0.15, 0.2) is 0 Å². The van der Waals surface area contributed by atoms with Gasteiger partial charge in [-0.1, -0.05) is 11.6 Å². The number of methoxy groups -OCH3 is 1. The lowest BCUT2D eigenvalue weighted by atomic mass is 10.2. The molecular formula is C13H20Cl2N2O3S. The summed E-state index contributed by atoms with van der Waals surface area (Å²) in [5.41, 5.74) is 0. The van der Waals surface area contributed by atoms with E-state index in [9.17, 15) is 8.42 Å². The number of benzene rings is 1. The third-order valence-electron chi connectivity index (χ3n) is 3.38. The van der Waals surface area contributed by atoms with Crippen molar-refractivity contribution in [2.75, 3.05) is 20.2 Å². The molecule has 1 heterocycles. The maximum atomic E-state index is 12.1. The molecule has 0 amide bonds. The summed E-state index contributed by atoms with van der Waals surface area (Å²) in [4.78, 5) is 0.155. The molecule has 1 aromatic rings. The standard InChI is InChI=1S/C13H19ClN2O3S.ClH/c1-19-13-5-4-11(9-12(13)14)20(17,18)16-8-6-10-3-2-7-15-10;/h4-5,9-10,15-16H,2-3,6-8H2,1H3;1H/t10-;/m1./s1. The number of hydrogen-bond acceptors (Lipinski definition) is 4. The zero-order chi connectivity index (χ0) is 14.6. The van der Waals surface area contributed by atoms with Gasteiger partial charge in [-0.2, -0.15) is 0 Å². The molecule has 1 saturated heterocycles. The van der Waals surface area contributed by atoms with Gasteiger partial charge in [0.05, 0.1) is 17.0 Å². The van der Waals surface area contributed by atoms with Crippen LogP contribution in [0.15, 0.2) is 23.1 Å². The second-order valence-corrected chi connectivity index (χ2v) is 6.95. The fraction of sp³-hybridized carbons (Fsp3) is 0.538. The van der Waals surface area contributed by atoms with Gasteiger partial charge in [0.25, 0.3) is 0 Å². The minimum atomic E-state index is -3.52. The van der Waals surface area contributed by atoms with Crippen molar-refractivity contribution in [2.24, 2.45) is 0 Å². The Morgan fingerprint density at radius 3 is 2.81 bits per heavy atom. The van der Waals surface area contributed by atoms with Crippen LogP contribution >= 0.6 is 24.0 Å². The molecule has 8 heteroatoms. The normalized spacial score (nSPS) is 18.3. The van der Waals surface area contributed by atoms with Crippen molar-refractivity contribution in [3.63, 3.8) is 0 Å². The van der Waals surface area contributed by atoms with Crippen molar-refractivity contribution in [3.8, 4) is 5.75 Å².